The highest BCUT2D eigenvalue weighted by Gasteiger charge is 2.50. The number of nitrogens with zero attached hydrogens (tertiary/aromatic N) is 9. The Balaban J connectivity index is 0.000000173. The third kappa shape index (κ3) is 15.4. The van der Waals surface area contributed by atoms with E-state index in [1.54, 1.807) is 78.7 Å². The zero-order valence-electron chi connectivity index (χ0n) is 50.4. The van der Waals surface area contributed by atoms with E-state index in [0.29, 0.717) is 74.4 Å². The summed E-state index contributed by atoms with van der Waals surface area (Å²) in [6.07, 6.45) is 5.41. The molecule has 11 rings (SSSR count). The van der Waals surface area contributed by atoms with Crippen LogP contribution in [0.5, 0.6) is 28.7 Å². The quantitative estimate of drug-likeness (QED) is 0.0681. The molecule has 4 fully saturated rings. The van der Waals surface area contributed by atoms with Crippen LogP contribution in [0.3, 0.4) is 0 Å². The lowest BCUT2D eigenvalue weighted by atomic mass is 9.99. The van der Waals surface area contributed by atoms with E-state index in [0.717, 1.165) is 50.4 Å². The Labute approximate surface area is 539 Å². The Morgan fingerprint density at radius 2 is 0.967 bits per heavy atom. The van der Waals surface area contributed by atoms with Crippen LogP contribution in [0, 0.1) is 24.2 Å². The average molecular weight is 1380 g/mol. The summed E-state index contributed by atoms with van der Waals surface area (Å²) in [6.45, 7) is 6.27. The second kappa shape index (κ2) is 29.2. The first-order chi connectivity index (χ1) is 43.5. The summed E-state index contributed by atoms with van der Waals surface area (Å²) in [4.78, 5) is 133. The number of hydrogen-bond acceptors (Lipinski definition) is 19. The molecule has 9 heterocycles. The standard InChI is InChI=1S/C27H28N6O6.C15H13N3O4.C12H16BrN3O2.C7H6BrNO3/c1-31-10-12-32(13-11-31)24(35)21-6-7-22(39-3)20(28-21)8-9-27(25(36)29-26(37)30-27)16-33-15-17-4-5-18(38-2)14-19(17)23(33)34;1-3-15(13(20)16-14(21)17-15)8-18-7-9-4-5-10(22-2)6-11(9)12(18)19;1-15-5-7-16(8-6-15)12(17)9-3-4-10(18-2)11(13)14-9;1-12-5-3-2-4(7(10)11)9-6(5)8/h4-7,14H,10-13,15-16H2,1-3H3,(H2,29,30,36,37);1,4-6H,7-8H2,2H3,(H2,16,17,20,21);3-4H,5-8H2,1-2H3;2-3H,1H3,(H,10,11)/t27-;15-;;/m11../s1. The van der Waals surface area contributed by atoms with E-state index in [-0.39, 0.29) is 60.3 Å². The van der Waals surface area contributed by atoms with E-state index >= 15 is 0 Å². The van der Waals surface area contributed by atoms with Gasteiger partial charge in [-0.3, -0.25) is 39.4 Å². The lowest BCUT2D eigenvalue weighted by Gasteiger charge is -2.32. The highest BCUT2D eigenvalue weighted by Crippen LogP contribution is 2.31. The van der Waals surface area contributed by atoms with Crippen molar-refractivity contribution >= 4 is 85.3 Å². The van der Waals surface area contributed by atoms with Crippen molar-refractivity contribution in [3.63, 3.8) is 0 Å². The van der Waals surface area contributed by atoms with Crippen molar-refractivity contribution in [2.24, 2.45) is 0 Å². The van der Waals surface area contributed by atoms with Crippen molar-refractivity contribution in [2.45, 2.75) is 24.2 Å². The normalized spacial score (nSPS) is 18.9. The summed E-state index contributed by atoms with van der Waals surface area (Å²) in [5.41, 5.74) is 0.0629. The Hall–Kier alpha value is -9.88. The van der Waals surface area contributed by atoms with Crippen LogP contribution in [0.25, 0.3) is 0 Å². The van der Waals surface area contributed by atoms with Crippen molar-refractivity contribution in [3.05, 3.63) is 127 Å². The summed E-state index contributed by atoms with van der Waals surface area (Å²) >= 11 is 6.37. The molecule has 10 amide bonds. The van der Waals surface area contributed by atoms with Gasteiger partial charge in [0.1, 0.15) is 37.8 Å². The van der Waals surface area contributed by atoms with E-state index in [4.69, 9.17) is 35.2 Å². The van der Waals surface area contributed by atoms with Gasteiger partial charge in [-0.15, -0.1) is 6.42 Å². The van der Waals surface area contributed by atoms with Gasteiger partial charge in [0.25, 0.3) is 35.4 Å². The zero-order valence-corrected chi connectivity index (χ0v) is 53.6. The molecule has 2 aromatic carbocycles. The fourth-order valence-electron chi connectivity index (χ4n) is 9.96. The molecule has 0 spiro atoms. The van der Waals surface area contributed by atoms with E-state index in [2.05, 4.69) is 103 Å². The fourth-order valence-corrected chi connectivity index (χ4v) is 10.9. The van der Waals surface area contributed by atoms with Crippen molar-refractivity contribution in [1.29, 1.82) is 0 Å². The van der Waals surface area contributed by atoms with E-state index < -0.39 is 40.9 Å². The first kappa shape index (κ1) is 67.1. The minimum absolute atomic E-state index is 0.0114. The van der Waals surface area contributed by atoms with Gasteiger partial charge in [0.05, 0.1) is 48.6 Å². The summed E-state index contributed by atoms with van der Waals surface area (Å²) in [5, 5.41) is 17.8. The molecule has 6 aliphatic heterocycles. The first-order valence-electron chi connectivity index (χ1n) is 27.8. The molecule has 3 aromatic heterocycles. The Morgan fingerprint density at radius 1 is 0.560 bits per heavy atom. The van der Waals surface area contributed by atoms with Gasteiger partial charge in [-0.25, -0.2) is 29.3 Å². The molecule has 2 atom stereocenters. The molecule has 4 saturated heterocycles. The van der Waals surface area contributed by atoms with Crippen LogP contribution in [0.2, 0.25) is 0 Å². The number of aromatic nitrogens is 3. The number of likely N-dealkylation sites (N-methyl/N-ethyl adjacent to an activating group) is 2. The number of terminal acetylenes is 1. The number of urea groups is 2. The zero-order chi connectivity index (χ0) is 65.9. The van der Waals surface area contributed by atoms with Crippen LogP contribution in [0.15, 0.2) is 82.0 Å². The van der Waals surface area contributed by atoms with Gasteiger partial charge in [-0.2, -0.15) is 0 Å². The highest BCUT2D eigenvalue weighted by molar-refractivity contribution is 9.10. The maximum absolute atomic E-state index is 13.1. The highest BCUT2D eigenvalue weighted by atomic mass is 79.9. The minimum Gasteiger partial charge on any atom is -0.497 e. The molecule has 91 heavy (non-hydrogen) atoms. The van der Waals surface area contributed by atoms with E-state index in [1.807, 2.05) is 11.9 Å². The summed E-state index contributed by atoms with van der Waals surface area (Å²) < 4.78 is 26.6. The van der Waals surface area contributed by atoms with Gasteiger partial charge in [0.15, 0.2) is 28.5 Å². The van der Waals surface area contributed by atoms with Crippen molar-refractivity contribution in [2.75, 3.05) is 115 Å². The van der Waals surface area contributed by atoms with Gasteiger partial charge < -0.3 is 68.8 Å². The molecule has 0 bridgehead atoms. The monoisotopic (exact) mass is 1380 g/mol. The number of rotatable bonds is 12. The fraction of sp³-hybridized carbons (Fsp3) is 0.344. The van der Waals surface area contributed by atoms with Gasteiger partial charge in [0, 0.05) is 76.6 Å². The van der Waals surface area contributed by atoms with Crippen LogP contribution in [0.4, 0.5) is 9.59 Å². The van der Waals surface area contributed by atoms with Crippen molar-refractivity contribution < 1.29 is 71.9 Å². The number of ether oxygens (including phenoxy) is 5. The number of methoxy groups -OCH3 is 5. The molecule has 476 valence electrons. The molecule has 0 saturated carbocycles. The van der Waals surface area contributed by atoms with Crippen LogP contribution >= 0.6 is 31.9 Å². The summed E-state index contributed by atoms with van der Waals surface area (Å²) in [6, 6.07) is 18.5. The van der Waals surface area contributed by atoms with Crippen molar-refractivity contribution in [1.82, 2.24) is 65.6 Å². The average Bonchev–Trinajstić information content (AvgIpc) is 1.67. The number of carbonyl (C=O) groups is 9. The molecule has 5 aromatic rings. The first-order valence-corrected chi connectivity index (χ1v) is 29.4. The predicted octanol–water partition coefficient (Wildman–Crippen LogP) is 2.73. The number of nitrogens with one attached hydrogen (secondary N) is 4. The number of aromatic carboxylic acids is 1. The second-order valence-corrected chi connectivity index (χ2v) is 22.5. The largest absolute Gasteiger partial charge is 0.497 e. The van der Waals surface area contributed by atoms with Crippen LogP contribution < -0.4 is 45.0 Å². The maximum atomic E-state index is 13.1. The number of fused-ring (bicyclic) bond motifs is 2. The smallest absolute Gasteiger partial charge is 0.354 e. The Kier molecular flexibility index (Phi) is 21.5. The lowest BCUT2D eigenvalue weighted by Crippen LogP contribution is -2.54. The number of halogens is 2. The number of benzene rings is 2. The molecule has 0 unspecified atom stereocenters. The van der Waals surface area contributed by atoms with Crippen molar-refractivity contribution in [3.8, 4) is 52.9 Å². The predicted molar refractivity (Wildman–Crippen MR) is 332 cm³/mol. The van der Waals surface area contributed by atoms with Crippen LogP contribution in [-0.2, 0) is 22.7 Å². The van der Waals surface area contributed by atoms with Gasteiger partial charge in [0.2, 0.25) is 5.54 Å². The molecule has 5 N–H and O–H groups in total. The second-order valence-electron chi connectivity index (χ2n) is 21.0. The number of carbonyl (C=O) groups excluding carboxylic acids is 8. The number of imide groups is 2. The summed E-state index contributed by atoms with van der Waals surface area (Å²) in [5.74, 6) is 7.32. The SMILES string of the molecule is C#C[C@]1(CN2Cc3ccc(OC)cc3C2=O)NC(=O)NC1=O.COc1ccc(C(=O)N2CCN(C)CC2)nc1Br.COc1ccc(C(=O)O)nc1Br.COc1ccc2c(c1)C(=O)N(C[C@@]1(C#Cc3nc(C(=O)N4CCN(C)CC4)ccc3OC)NC(=O)NC1=O)C2. The third-order valence-electron chi connectivity index (χ3n) is 15.2. The molecular weight excluding hydrogens is 1310 g/mol. The minimum atomic E-state index is -1.73. The van der Waals surface area contributed by atoms with Gasteiger partial charge in [-0.05, 0) is 124 Å². The Bertz CT molecular complexity index is 3820. The number of pyridine rings is 3. The topological polar surface area (TPSA) is 326 Å². The number of piperazine rings is 2. The molecule has 6 aliphatic rings. The number of carboxylic acid groups (broad SMARTS) is 1. The van der Waals surface area contributed by atoms with Gasteiger partial charge in [-0.1, -0.05) is 24.0 Å². The van der Waals surface area contributed by atoms with E-state index in [9.17, 15) is 43.2 Å². The molecule has 0 radical (unpaired) electrons. The lowest BCUT2D eigenvalue weighted by molar-refractivity contribution is -0.123. The molecular formula is C61H63Br2N13O15. The molecule has 30 heteroatoms. The molecule has 0 aliphatic carbocycles. The summed E-state index contributed by atoms with van der Waals surface area (Å²) in [7, 11) is 11.6. The number of hydrogen-bond donors (Lipinski definition) is 5. The third-order valence-corrected chi connectivity index (χ3v) is 16.3. The molecule has 28 nitrogen and oxygen atoms in total. The Morgan fingerprint density at radius 3 is 1.36 bits per heavy atom. The number of amides is 10. The maximum Gasteiger partial charge on any atom is 0.354 e. The van der Waals surface area contributed by atoms with E-state index in [1.165, 1.54) is 44.3 Å². The van der Waals surface area contributed by atoms with Gasteiger partial charge >= 0.3 is 18.0 Å². The van der Waals surface area contributed by atoms with Crippen LogP contribution in [0.1, 0.15) is 69.0 Å². The number of carboxylic acids is 1. The van der Waals surface area contributed by atoms with Crippen LogP contribution in [-0.4, -0.2) is 229 Å².